The molecule has 0 atom stereocenters. The van der Waals surface area contributed by atoms with Crippen molar-refractivity contribution in [1.82, 2.24) is 4.90 Å². The molecule has 0 unspecified atom stereocenters. The predicted molar refractivity (Wildman–Crippen MR) is 52.0 cm³/mol. The summed E-state index contributed by atoms with van der Waals surface area (Å²) < 4.78 is 0. The Labute approximate surface area is 84.0 Å². The smallest absolute Gasteiger partial charge is 0.314 e. The van der Waals surface area contributed by atoms with Crippen molar-refractivity contribution in [1.29, 1.82) is 0 Å². The van der Waals surface area contributed by atoms with Gasteiger partial charge in [0.25, 0.3) is 0 Å². The molecule has 0 aromatic heterocycles. The van der Waals surface area contributed by atoms with Crippen LogP contribution < -0.4 is 0 Å². The Morgan fingerprint density at radius 3 is 2.07 bits per heavy atom. The van der Waals surface area contributed by atoms with Crippen LogP contribution in [0.3, 0.4) is 0 Å². The van der Waals surface area contributed by atoms with Crippen molar-refractivity contribution < 1.29 is 20.1 Å². The topological polar surface area (TPSA) is 81.0 Å². The van der Waals surface area contributed by atoms with E-state index in [1.807, 2.05) is 19.0 Å². The molecule has 5 heteroatoms. The number of carboxylic acid groups (broad SMARTS) is 1. The number of aliphatic hydroxyl groups excluding tert-OH is 2. The minimum absolute atomic E-state index is 0.285. The predicted octanol–water partition coefficient (Wildman–Crippen LogP) is -0.616. The van der Waals surface area contributed by atoms with Crippen LogP contribution in [0.5, 0.6) is 0 Å². The molecular formula is C9H19NO4. The normalized spacial score (nSPS) is 12.1. The van der Waals surface area contributed by atoms with Gasteiger partial charge in [-0.15, -0.1) is 0 Å². The summed E-state index contributed by atoms with van der Waals surface area (Å²) in [7, 11) is 3.78. The summed E-state index contributed by atoms with van der Waals surface area (Å²) >= 11 is 0. The van der Waals surface area contributed by atoms with Gasteiger partial charge in [-0.05, 0) is 33.5 Å². The van der Waals surface area contributed by atoms with Crippen LogP contribution in [0.2, 0.25) is 0 Å². The Hall–Kier alpha value is -0.650. The number of aliphatic hydroxyl groups is 2. The maximum atomic E-state index is 10.8. The highest BCUT2D eigenvalue weighted by atomic mass is 16.4. The van der Waals surface area contributed by atoms with E-state index in [-0.39, 0.29) is 6.42 Å². The minimum atomic E-state index is -1.38. The van der Waals surface area contributed by atoms with E-state index in [2.05, 4.69) is 0 Å². The number of hydrogen-bond acceptors (Lipinski definition) is 4. The van der Waals surface area contributed by atoms with Gasteiger partial charge in [-0.25, -0.2) is 0 Å². The molecule has 0 spiro atoms. The molecule has 5 nitrogen and oxygen atoms in total. The first kappa shape index (κ1) is 13.4. The molecule has 0 aliphatic rings. The maximum Gasteiger partial charge on any atom is 0.314 e. The quantitative estimate of drug-likeness (QED) is 0.516. The molecule has 0 aromatic carbocycles. The molecule has 0 aromatic rings. The molecule has 0 fully saturated rings. The second kappa shape index (κ2) is 5.95. The van der Waals surface area contributed by atoms with Crippen LogP contribution in [0, 0.1) is 5.41 Å². The summed E-state index contributed by atoms with van der Waals surface area (Å²) in [5, 5.41) is 26.8. The van der Waals surface area contributed by atoms with Crippen LogP contribution in [0.4, 0.5) is 0 Å². The van der Waals surface area contributed by atoms with Crippen LogP contribution in [0.15, 0.2) is 0 Å². The number of carbonyl (C=O) groups is 1. The van der Waals surface area contributed by atoms with E-state index in [4.69, 9.17) is 15.3 Å². The number of hydrogen-bond donors (Lipinski definition) is 3. The van der Waals surface area contributed by atoms with Gasteiger partial charge in [-0.3, -0.25) is 4.79 Å². The second-order valence-corrected chi connectivity index (χ2v) is 3.81. The van der Waals surface area contributed by atoms with Crippen LogP contribution in [-0.2, 0) is 4.79 Å². The Kier molecular flexibility index (Phi) is 5.68. The van der Waals surface area contributed by atoms with Gasteiger partial charge in [0, 0.05) is 0 Å². The zero-order chi connectivity index (χ0) is 11.2. The first-order chi connectivity index (χ1) is 6.48. The molecule has 14 heavy (non-hydrogen) atoms. The van der Waals surface area contributed by atoms with Gasteiger partial charge >= 0.3 is 5.97 Å². The van der Waals surface area contributed by atoms with Gasteiger partial charge in [0.1, 0.15) is 5.41 Å². The lowest BCUT2D eigenvalue weighted by atomic mass is 9.85. The van der Waals surface area contributed by atoms with Gasteiger partial charge in [-0.2, -0.15) is 0 Å². The Morgan fingerprint density at radius 2 is 1.79 bits per heavy atom. The fourth-order valence-electron chi connectivity index (χ4n) is 1.18. The monoisotopic (exact) mass is 205 g/mol. The number of nitrogens with zero attached hydrogens (tertiary/aromatic N) is 1. The lowest BCUT2D eigenvalue weighted by Crippen LogP contribution is -2.39. The van der Waals surface area contributed by atoms with Crippen LogP contribution in [0.25, 0.3) is 0 Å². The molecule has 0 radical (unpaired) electrons. The molecule has 0 aliphatic heterocycles. The first-order valence-corrected chi connectivity index (χ1v) is 4.58. The average molecular weight is 205 g/mol. The van der Waals surface area contributed by atoms with E-state index in [9.17, 15) is 4.79 Å². The van der Waals surface area contributed by atoms with E-state index < -0.39 is 24.6 Å². The number of rotatable bonds is 7. The fraction of sp³-hybridized carbons (Fsp3) is 0.889. The van der Waals surface area contributed by atoms with Gasteiger partial charge in [0.15, 0.2) is 0 Å². The summed E-state index contributed by atoms with van der Waals surface area (Å²) in [6.45, 7) is -0.298. The third-order valence-corrected chi connectivity index (χ3v) is 2.32. The minimum Gasteiger partial charge on any atom is -0.481 e. The van der Waals surface area contributed by atoms with E-state index in [1.54, 1.807) is 0 Å². The van der Waals surface area contributed by atoms with Gasteiger partial charge < -0.3 is 20.2 Å². The van der Waals surface area contributed by atoms with Crippen molar-refractivity contribution in [2.45, 2.75) is 12.8 Å². The zero-order valence-corrected chi connectivity index (χ0v) is 8.73. The maximum absolute atomic E-state index is 10.8. The summed E-state index contributed by atoms with van der Waals surface area (Å²) in [5.74, 6) is -1.14. The Morgan fingerprint density at radius 1 is 1.29 bits per heavy atom. The average Bonchev–Trinajstić information content (AvgIpc) is 2.12. The summed E-state index contributed by atoms with van der Waals surface area (Å²) in [6.07, 6.45) is 0.925. The molecule has 0 saturated carbocycles. The molecule has 0 heterocycles. The van der Waals surface area contributed by atoms with Crippen molar-refractivity contribution >= 4 is 5.97 Å². The number of aliphatic carboxylic acids is 1. The molecule has 0 aliphatic carbocycles. The van der Waals surface area contributed by atoms with Gasteiger partial charge in [0.2, 0.25) is 0 Å². The molecule has 84 valence electrons. The standard InChI is InChI=1S/C9H19NO4/c1-10(2)5-3-4-9(6-11,7-12)8(13)14/h11-12H,3-7H2,1-2H3,(H,13,14). The van der Waals surface area contributed by atoms with Crippen molar-refractivity contribution in [3.63, 3.8) is 0 Å². The second-order valence-electron chi connectivity index (χ2n) is 3.81. The lowest BCUT2D eigenvalue weighted by Gasteiger charge is -2.25. The van der Waals surface area contributed by atoms with Gasteiger partial charge in [-0.1, -0.05) is 0 Å². The number of carboxylic acids is 1. The van der Waals surface area contributed by atoms with Crippen LogP contribution in [0.1, 0.15) is 12.8 Å². The van der Waals surface area contributed by atoms with Crippen LogP contribution >= 0.6 is 0 Å². The largest absolute Gasteiger partial charge is 0.481 e. The van der Waals surface area contributed by atoms with Crippen molar-refractivity contribution in [2.75, 3.05) is 33.9 Å². The molecule has 0 bridgehead atoms. The van der Waals surface area contributed by atoms with Crippen LogP contribution in [-0.4, -0.2) is 60.0 Å². The summed E-state index contributed by atoms with van der Waals surface area (Å²) in [6, 6.07) is 0. The lowest BCUT2D eigenvalue weighted by molar-refractivity contribution is -0.155. The third-order valence-electron chi connectivity index (χ3n) is 2.32. The Bertz CT molecular complexity index is 178. The van der Waals surface area contributed by atoms with E-state index >= 15 is 0 Å². The molecule has 0 saturated heterocycles. The first-order valence-electron chi connectivity index (χ1n) is 4.58. The Balaban J connectivity index is 4.16. The highest BCUT2D eigenvalue weighted by molar-refractivity contribution is 5.74. The van der Waals surface area contributed by atoms with E-state index in [0.29, 0.717) is 6.42 Å². The van der Waals surface area contributed by atoms with Crippen molar-refractivity contribution in [3.8, 4) is 0 Å². The summed E-state index contributed by atoms with van der Waals surface area (Å²) in [5.41, 5.74) is -1.38. The van der Waals surface area contributed by atoms with E-state index in [1.165, 1.54) is 0 Å². The zero-order valence-electron chi connectivity index (χ0n) is 8.73. The molecule has 3 N–H and O–H groups in total. The summed E-state index contributed by atoms with van der Waals surface area (Å²) in [4.78, 5) is 12.8. The van der Waals surface area contributed by atoms with E-state index in [0.717, 1.165) is 6.54 Å². The van der Waals surface area contributed by atoms with Crippen molar-refractivity contribution in [3.05, 3.63) is 0 Å². The third kappa shape index (κ3) is 3.61. The SMILES string of the molecule is CN(C)CCCC(CO)(CO)C(=O)O. The highest BCUT2D eigenvalue weighted by Crippen LogP contribution is 2.23. The molecule has 0 amide bonds. The molecular weight excluding hydrogens is 186 g/mol. The van der Waals surface area contributed by atoms with Crippen molar-refractivity contribution in [2.24, 2.45) is 5.41 Å². The fourth-order valence-corrected chi connectivity index (χ4v) is 1.18. The molecule has 0 rings (SSSR count). The van der Waals surface area contributed by atoms with Gasteiger partial charge in [0.05, 0.1) is 13.2 Å². The highest BCUT2D eigenvalue weighted by Gasteiger charge is 2.36.